The largest absolute Gasteiger partial charge is 0.496 e. The van der Waals surface area contributed by atoms with Gasteiger partial charge in [-0.15, -0.1) is 0 Å². The van der Waals surface area contributed by atoms with E-state index in [4.69, 9.17) is 18.9 Å². The molecule has 1 aromatic heterocycles. The quantitative estimate of drug-likeness (QED) is 0.287. The number of aromatic amines is 1. The fourth-order valence-corrected chi connectivity index (χ4v) is 4.65. The minimum atomic E-state index is -0.902. The molecule has 37 heavy (non-hydrogen) atoms. The molecular formula is C29H36N2O6. The molecule has 0 amide bonds. The molecule has 0 saturated heterocycles. The number of carboxylic acids is 1. The Bertz CT molecular complexity index is 1160. The number of carbonyl (C=O) groups is 1. The van der Waals surface area contributed by atoms with Crippen LogP contribution in [0.1, 0.15) is 49.3 Å². The van der Waals surface area contributed by atoms with Crippen LogP contribution in [-0.4, -0.2) is 54.1 Å². The Morgan fingerprint density at radius 1 is 1.16 bits per heavy atom. The summed E-state index contributed by atoms with van der Waals surface area (Å²) in [5.74, 6) is 1.47. The van der Waals surface area contributed by atoms with Crippen LogP contribution in [0.2, 0.25) is 0 Å². The molecule has 1 unspecified atom stereocenters. The van der Waals surface area contributed by atoms with E-state index in [0.29, 0.717) is 32.0 Å². The zero-order chi connectivity index (χ0) is 26.0. The van der Waals surface area contributed by atoms with Gasteiger partial charge in [0.25, 0.3) is 0 Å². The third-order valence-corrected chi connectivity index (χ3v) is 6.51. The first kappa shape index (κ1) is 26.5. The third-order valence-electron chi connectivity index (χ3n) is 6.51. The van der Waals surface area contributed by atoms with Crippen molar-refractivity contribution in [3.8, 4) is 28.5 Å². The first-order valence-electron chi connectivity index (χ1n) is 13.0. The number of rotatable bonds is 14. The van der Waals surface area contributed by atoms with E-state index in [1.54, 1.807) is 19.6 Å². The van der Waals surface area contributed by atoms with E-state index in [9.17, 15) is 9.90 Å². The maximum Gasteiger partial charge on any atom is 0.344 e. The molecule has 0 saturated carbocycles. The molecule has 1 aliphatic heterocycles. The van der Waals surface area contributed by atoms with Crippen molar-refractivity contribution in [2.75, 3.05) is 26.9 Å². The molecule has 2 heterocycles. The van der Waals surface area contributed by atoms with Gasteiger partial charge in [0.05, 0.1) is 31.9 Å². The first-order valence-corrected chi connectivity index (χ1v) is 13.0. The second-order valence-electron chi connectivity index (χ2n) is 9.18. The Kier molecular flexibility index (Phi) is 9.43. The molecule has 1 atom stereocenters. The number of carboxylic acid groups (broad SMARTS) is 1. The molecule has 0 spiro atoms. The Hall–Kier alpha value is -3.52. The van der Waals surface area contributed by atoms with Crippen LogP contribution in [0.3, 0.4) is 0 Å². The monoisotopic (exact) mass is 508 g/mol. The summed E-state index contributed by atoms with van der Waals surface area (Å²) in [6.07, 6.45) is 8.34. The van der Waals surface area contributed by atoms with Crippen molar-refractivity contribution in [1.82, 2.24) is 9.97 Å². The number of aromatic nitrogens is 2. The van der Waals surface area contributed by atoms with Gasteiger partial charge in [-0.3, -0.25) is 0 Å². The Labute approximate surface area is 217 Å². The minimum Gasteiger partial charge on any atom is -0.496 e. The molecule has 1 aliphatic rings. The molecule has 3 aromatic rings. The van der Waals surface area contributed by atoms with Gasteiger partial charge in [0, 0.05) is 30.8 Å². The lowest BCUT2D eigenvalue weighted by atomic mass is 9.99. The molecule has 198 valence electrons. The summed E-state index contributed by atoms with van der Waals surface area (Å²) in [7, 11) is 1.69. The highest BCUT2D eigenvalue weighted by atomic mass is 16.5. The number of fused-ring (bicyclic) bond motifs is 1. The van der Waals surface area contributed by atoms with Crippen molar-refractivity contribution in [1.29, 1.82) is 0 Å². The number of aliphatic carboxylic acids is 1. The van der Waals surface area contributed by atoms with Crippen molar-refractivity contribution >= 4 is 5.97 Å². The summed E-state index contributed by atoms with van der Waals surface area (Å²) in [6, 6.07) is 10.1. The van der Waals surface area contributed by atoms with Crippen LogP contribution >= 0.6 is 0 Å². The lowest BCUT2D eigenvalue weighted by Gasteiger charge is -2.23. The summed E-state index contributed by atoms with van der Waals surface area (Å²) < 4.78 is 23.3. The molecule has 8 heteroatoms. The highest BCUT2D eigenvalue weighted by Gasteiger charge is 2.25. The second kappa shape index (κ2) is 13.1. The van der Waals surface area contributed by atoms with Crippen LogP contribution < -0.4 is 14.2 Å². The van der Waals surface area contributed by atoms with Gasteiger partial charge in [0.15, 0.2) is 6.10 Å². The normalized spacial score (nSPS) is 14.6. The summed E-state index contributed by atoms with van der Waals surface area (Å²) >= 11 is 0. The minimum absolute atomic E-state index is 0.517. The smallest absolute Gasteiger partial charge is 0.344 e. The number of H-pyrrole nitrogens is 1. The number of aryl methyl sites for hydroxylation is 2. The second-order valence-corrected chi connectivity index (χ2v) is 9.18. The molecule has 0 radical (unpaired) electrons. The van der Waals surface area contributed by atoms with Crippen LogP contribution in [0.4, 0.5) is 0 Å². The predicted octanol–water partition coefficient (Wildman–Crippen LogP) is 5.23. The summed E-state index contributed by atoms with van der Waals surface area (Å²) in [5.41, 5.74) is 5.18. The van der Waals surface area contributed by atoms with E-state index in [0.717, 1.165) is 78.0 Å². The van der Waals surface area contributed by atoms with E-state index >= 15 is 0 Å². The van der Waals surface area contributed by atoms with Gasteiger partial charge >= 0.3 is 5.97 Å². The highest BCUT2D eigenvalue weighted by molar-refractivity contribution is 5.73. The van der Waals surface area contributed by atoms with Gasteiger partial charge in [-0.2, -0.15) is 0 Å². The zero-order valence-electron chi connectivity index (χ0n) is 21.6. The number of ether oxygens (including phenoxy) is 4. The fourth-order valence-electron chi connectivity index (χ4n) is 4.65. The molecular weight excluding hydrogens is 472 g/mol. The molecule has 0 aliphatic carbocycles. The van der Waals surface area contributed by atoms with Crippen LogP contribution in [-0.2, 0) is 28.8 Å². The Morgan fingerprint density at radius 2 is 2.03 bits per heavy atom. The lowest BCUT2D eigenvalue weighted by molar-refractivity contribution is -0.145. The number of hydrogen-bond donors (Lipinski definition) is 2. The molecule has 8 nitrogen and oxygen atoms in total. The van der Waals surface area contributed by atoms with Crippen molar-refractivity contribution in [3.63, 3.8) is 0 Å². The highest BCUT2D eigenvalue weighted by Crippen LogP contribution is 2.38. The third kappa shape index (κ3) is 6.83. The lowest BCUT2D eigenvalue weighted by Crippen LogP contribution is -2.30. The number of imidazole rings is 1. The molecule has 2 aromatic carbocycles. The van der Waals surface area contributed by atoms with E-state index in [2.05, 4.69) is 23.0 Å². The van der Waals surface area contributed by atoms with E-state index in [1.165, 1.54) is 0 Å². The van der Waals surface area contributed by atoms with Gasteiger partial charge in [0.2, 0.25) is 0 Å². The Balaban J connectivity index is 1.19. The fraction of sp³-hybridized carbons (Fsp3) is 0.448. The van der Waals surface area contributed by atoms with Crippen molar-refractivity contribution in [2.24, 2.45) is 0 Å². The Morgan fingerprint density at radius 3 is 2.78 bits per heavy atom. The summed E-state index contributed by atoms with van der Waals surface area (Å²) in [5, 5.41) is 9.21. The van der Waals surface area contributed by atoms with Crippen molar-refractivity contribution < 1.29 is 28.8 Å². The summed E-state index contributed by atoms with van der Waals surface area (Å²) in [6.45, 7) is 3.99. The van der Waals surface area contributed by atoms with Crippen LogP contribution in [0.15, 0.2) is 42.9 Å². The maximum absolute atomic E-state index is 11.2. The number of benzene rings is 2. The van der Waals surface area contributed by atoms with Gasteiger partial charge in [-0.05, 0) is 61.4 Å². The van der Waals surface area contributed by atoms with E-state index in [-0.39, 0.29) is 0 Å². The molecule has 2 N–H and O–H groups in total. The number of nitrogens with one attached hydrogen (secondary N) is 1. The van der Waals surface area contributed by atoms with Gasteiger partial charge < -0.3 is 29.0 Å². The standard InChI is InChI=1S/C29H36N2O6/c1-3-6-23-25(13-11-22(28(23)34-2)24-18-30-19-31-24)36-16-5-15-35-14-4-7-20-8-9-21-10-12-26(29(32)33)37-27(21)17-20/h8-9,11,13,17-19,26H,3-7,10,12,14-16H2,1-2H3,(H,30,31)(H,32,33). The average molecular weight is 509 g/mol. The molecule has 0 bridgehead atoms. The van der Waals surface area contributed by atoms with Crippen molar-refractivity contribution in [3.05, 3.63) is 59.5 Å². The van der Waals surface area contributed by atoms with Crippen molar-refractivity contribution in [2.45, 2.75) is 58.0 Å². The van der Waals surface area contributed by atoms with Gasteiger partial charge in [0.1, 0.15) is 17.2 Å². The summed E-state index contributed by atoms with van der Waals surface area (Å²) in [4.78, 5) is 18.5. The van der Waals surface area contributed by atoms with Gasteiger partial charge in [-0.25, -0.2) is 9.78 Å². The first-order chi connectivity index (χ1) is 18.1. The van der Waals surface area contributed by atoms with E-state index < -0.39 is 12.1 Å². The molecule has 0 fully saturated rings. The number of nitrogens with zero attached hydrogens (tertiary/aromatic N) is 1. The van der Waals surface area contributed by atoms with Gasteiger partial charge in [-0.1, -0.05) is 25.5 Å². The topological polar surface area (TPSA) is 103 Å². The number of methoxy groups -OCH3 is 1. The van der Waals surface area contributed by atoms with Crippen LogP contribution in [0.5, 0.6) is 17.2 Å². The van der Waals surface area contributed by atoms with Crippen LogP contribution in [0, 0.1) is 0 Å². The number of hydrogen-bond acceptors (Lipinski definition) is 6. The maximum atomic E-state index is 11.2. The van der Waals surface area contributed by atoms with Crippen LogP contribution in [0.25, 0.3) is 11.3 Å². The SMILES string of the molecule is CCCc1c(OCCCOCCCc2ccc3c(c2)OC(C(=O)O)CC3)ccc(-c2cnc[nH]2)c1OC. The van der Waals surface area contributed by atoms with E-state index in [1.807, 2.05) is 24.3 Å². The zero-order valence-corrected chi connectivity index (χ0v) is 21.6. The average Bonchev–Trinajstić information content (AvgIpc) is 3.45. The predicted molar refractivity (Wildman–Crippen MR) is 141 cm³/mol. The molecule has 4 rings (SSSR count).